The first kappa shape index (κ1) is 29.6. The Labute approximate surface area is 270 Å². The van der Waals surface area contributed by atoms with Crippen molar-refractivity contribution < 1.29 is 14.4 Å². The summed E-state index contributed by atoms with van der Waals surface area (Å²) in [5, 5.41) is 7.43. The Kier molecular flexibility index (Phi) is 7.79. The van der Waals surface area contributed by atoms with Gasteiger partial charge in [0.25, 0.3) is 11.8 Å². The van der Waals surface area contributed by atoms with Gasteiger partial charge in [0.2, 0.25) is 0 Å². The number of fused-ring (bicyclic) bond motifs is 2. The smallest absolute Gasteiger partial charge is 0.317 e. The molecular weight excluding hydrogens is 594 g/mol. The number of benzene rings is 1. The molecule has 0 bridgehead atoms. The van der Waals surface area contributed by atoms with E-state index in [1.165, 1.54) is 6.07 Å². The maximum atomic E-state index is 12.7. The van der Waals surface area contributed by atoms with E-state index in [9.17, 15) is 14.4 Å². The van der Waals surface area contributed by atoms with Crippen LogP contribution in [-0.2, 0) is 13.1 Å². The van der Waals surface area contributed by atoms with Crippen LogP contribution in [0.15, 0.2) is 67.0 Å². The van der Waals surface area contributed by atoms with Gasteiger partial charge in [-0.3, -0.25) is 19.6 Å². The SMILES string of the molecule is CNC(=O)N1CCn2c(C3CC3)nc(-c3cccc4cc(-c5ccc(C(=O)NCC#Cc6cccc(C(N)=O)n6)nc5)ncc34)c2C1. The molecule has 1 saturated carbocycles. The van der Waals surface area contributed by atoms with Gasteiger partial charge < -0.3 is 25.8 Å². The molecule has 1 aliphatic carbocycles. The summed E-state index contributed by atoms with van der Waals surface area (Å²) in [4.78, 5) is 56.6. The van der Waals surface area contributed by atoms with Gasteiger partial charge >= 0.3 is 6.03 Å². The molecule has 47 heavy (non-hydrogen) atoms. The molecule has 234 valence electrons. The zero-order valence-electron chi connectivity index (χ0n) is 25.7. The molecular formula is C35H31N9O3. The lowest BCUT2D eigenvalue weighted by Crippen LogP contribution is -2.43. The third kappa shape index (κ3) is 5.98. The van der Waals surface area contributed by atoms with Crippen molar-refractivity contribution in [1.82, 2.24) is 40.0 Å². The topological polar surface area (TPSA) is 161 Å². The van der Waals surface area contributed by atoms with E-state index < -0.39 is 5.91 Å². The van der Waals surface area contributed by atoms with E-state index in [-0.39, 0.29) is 29.9 Å². The van der Waals surface area contributed by atoms with Crippen molar-refractivity contribution in [2.75, 3.05) is 20.1 Å². The highest BCUT2D eigenvalue weighted by molar-refractivity contribution is 5.97. The second kappa shape index (κ2) is 12.4. The predicted molar refractivity (Wildman–Crippen MR) is 175 cm³/mol. The zero-order chi connectivity index (χ0) is 32.5. The third-order valence-electron chi connectivity index (χ3n) is 8.35. The van der Waals surface area contributed by atoms with E-state index in [0.29, 0.717) is 24.7 Å². The molecule has 5 aromatic rings. The van der Waals surface area contributed by atoms with Crippen LogP contribution in [-0.4, -0.2) is 67.4 Å². The number of nitrogens with two attached hydrogens (primary N) is 1. The van der Waals surface area contributed by atoms with E-state index >= 15 is 0 Å². The first-order valence-corrected chi connectivity index (χ1v) is 15.3. The van der Waals surface area contributed by atoms with Crippen LogP contribution in [0.5, 0.6) is 0 Å². The molecule has 0 spiro atoms. The molecule has 4 aromatic heterocycles. The third-order valence-corrected chi connectivity index (χ3v) is 8.35. The van der Waals surface area contributed by atoms with Crippen molar-refractivity contribution in [3.63, 3.8) is 0 Å². The molecule has 4 N–H and O–H groups in total. The van der Waals surface area contributed by atoms with Gasteiger partial charge in [-0.05, 0) is 54.5 Å². The van der Waals surface area contributed by atoms with E-state index in [4.69, 9.17) is 15.7 Å². The van der Waals surface area contributed by atoms with Crippen LogP contribution >= 0.6 is 0 Å². The van der Waals surface area contributed by atoms with Crippen molar-refractivity contribution >= 4 is 28.6 Å². The van der Waals surface area contributed by atoms with Crippen LogP contribution in [0.3, 0.4) is 0 Å². The van der Waals surface area contributed by atoms with Gasteiger partial charge in [0, 0.05) is 55.0 Å². The van der Waals surface area contributed by atoms with Gasteiger partial charge in [-0.15, -0.1) is 0 Å². The van der Waals surface area contributed by atoms with Gasteiger partial charge in [0.05, 0.1) is 30.2 Å². The van der Waals surface area contributed by atoms with Gasteiger partial charge in [-0.1, -0.05) is 30.2 Å². The van der Waals surface area contributed by atoms with Crippen molar-refractivity contribution in [3.8, 4) is 34.4 Å². The van der Waals surface area contributed by atoms with Crippen LogP contribution in [0.1, 0.15) is 56.9 Å². The minimum absolute atomic E-state index is 0.0746. The summed E-state index contributed by atoms with van der Waals surface area (Å²) in [7, 11) is 1.66. The number of hydrogen-bond acceptors (Lipinski definition) is 7. The number of pyridine rings is 3. The van der Waals surface area contributed by atoms with Crippen LogP contribution in [0.2, 0.25) is 0 Å². The lowest BCUT2D eigenvalue weighted by molar-refractivity contribution is 0.0952. The van der Waals surface area contributed by atoms with Crippen LogP contribution < -0.4 is 16.4 Å². The minimum Gasteiger partial charge on any atom is -0.364 e. The van der Waals surface area contributed by atoms with Crippen molar-refractivity contribution in [3.05, 3.63) is 95.6 Å². The molecule has 0 unspecified atom stereocenters. The fraction of sp³-hybridized carbons (Fsp3) is 0.229. The lowest BCUT2D eigenvalue weighted by atomic mass is 10.0. The summed E-state index contributed by atoms with van der Waals surface area (Å²) in [5.41, 5.74) is 10.4. The number of carbonyl (C=O) groups excluding carboxylic acids is 3. The number of aromatic nitrogens is 5. The molecule has 1 aliphatic heterocycles. The maximum Gasteiger partial charge on any atom is 0.317 e. The quantitative estimate of drug-likeness (QED) is 0.244. The average molecular weight is 626 g/mol. The van der Waals surface area contributed by atoms with Crippen molar-refractivity contribution in [2.45, 2.75) is 31.8 Å². The fourth-order valence-electron chi connectivity index (χ4n) is 5.80. The molecule has 0 atom stereocenters. The molecule has 1 aromatic carbocycles. The summed E-state index contributed by atoms with van der Waals surface area (Å²) >= 11 is 0. The summed E-state index contributed by atoms with van der Waals surface area (Å²) in [5.74, 6) is 6.20. The van der Waals surface area contributed by atoms with Gasteiger partial charge in [0.15, 0.2) is 0 Å². The molecule has 4 amide bonds. The molecule has 0 saturated heterocycles. The van der Waals surface area contributed by atoms with Gasteiger partial charge in [-0.25, -0.2) is 14.8 Å². The van der Waals surface area contributed by atoms with Crippen molar-refractivity contribution in [2.24, 2.45) is 5.73 Å². The highest BCUT2D eigenvalue weighted by Gasteiger charge is 2.34. The Morgan fingerprint density at radius 1 is 0.979 bits per heavy atom. The second-order valence-corrected chi connectivity index (χ2v) is 11.5. The molecule has 12 heteroatoms. The number of imidazole rings is 1. The zero-order valence-corrected chi connectivity index (χ0v) is 25.7. The molecule has 7 rings (SSSR count). The lowest BCUT2D eigenvalue weighted by Gasteiger charge is -2.29. The number of amides is 4. The summed E-state index contributed by atoms with van der Waals surface area (Å²) < 4.78 is 2.31. The standard InChI is InChI=1S/C35H31N9O3/c1-37-35(47)43-15-16-44-30(20-43)31(42-33(44)21-10-11-21)25-8-2-5-22-17-29(40-19-26(22)25)23-12-13-28(39-18-23)34(46)38-14-4-7-24-6-3-9-27(41-24)32(36)45/h2-3,5-6,8-9,12-13,17-19,21H,10-11,14-16,20H2,1H3,(H2,36,45)(H,37,47)(H,38,46). The molecule has 1 fully saturated rings. The van der Waals surface area contributed by atoms with Gasteiger partial charge in [-0.2, -0.15) is 0 Å². The van der Waals surface area contributed by atoms with E-state index in [1.807, 2.05) is 35.4 Å². The number of nitrogens with zero attached hydrogens (tertiary/aromatic N) is 6. The number of hydrogen-bond donors (Lipinski definition) is 3. The van der Waals surface area contributed by atoms with E-state index in [0.717, 1.165) is 64.2 Å². The van der Waals surface area contributed by atoms with E-state index in [1.54, 1.807) is 31.4 Å². The second-order valence-electron chi connectivity index (χ2n) is 11.5. The Morgan fingerprint density at radius 2 is 1.83 bits per heavy atom. The Bertz CT molecular complexity index is 2110. The molecule has 2 aliphatic rings. The monoisotopic (exact) mass is 625 g/mol. The first-order valence-electron chi connectivity index (χ1n) is 15.3. The highest BCUT2D eigenvalue weighted by Crippen LogP contribution is 2.43. The normalized spacial score (nSPS) is 13.8. The van der Waals surface area contributed by atoms with Crippen LogP contribution in [0.4, 0.5) is 4.79 Å². The summed E-state index contributed by atoms with van der Waals surface area (Å²) in [6.45, 7) is 1.95. The van der Waals surface area contributed by atoms with Crippen LogP contribution in [0.25, 0.3) is 33.3 Å². The minimum atomic E-state index is -0.633. The number of carbonyl (C=O) groups is 3. The number of urea groups is 1. The average Bonchev–Trinajstić information content (AvgIpc) is 3.89. The van der Waals surface area contributed by atoms with Gasteiger partial charge in [0.1, 0.15) is 22.9 Å². The maximum absolute atomic E-state index is 12.7. The van der Waals surface area contributed by atoms with Crippen LogP contribution in [0, 0.1) is 11.8 Å². The summed E-state index contributed by atoms with van der Waals surface area (Å²) in [6, 6.07) is 16.3. The Morgan fingerprint density at radius 3 is 2.60 bits per heavy atom. The predicted octanol–water partition coefficient (Wildman–Crippen LogP) is 3.47. The highest BCUT2D eigenvalue weighted by atomic mass is 16.2. The molecule has 5 heterocycles. The largest absolute Gasteiger partial charge is 0.364 e. The van der Waals surface area contributed by atoms with Crippen molar-refractivity contribution in [1.29, 1.82) is 0 Å². The molecule has 0 radical (unpaired) electrons. The first-order chi connectivity index (χ1) is 22.9. The molecule has 12 nitrogen and oxygen atoms in total. The number of primary amides is 1. The number of nitrogens with one attached hydrogen (secondary N) is 2. The number of rotatable bonds is 6. The Hall–Kier alpha value is -6.09. The Balaban J connectivity index is 1.09. The summed E-state index contributed by atoms with van der Waals surface area (Å²) in [6.07, 6.45) is 5.77. The fourth-order valence-corrected chi connectivity index (χ4v) is 5.80. The van der Waals surface area contributed by atoms with E-state index in [2.05, 4.69) is 43.1 Å².